The Hall–Kier alpha value is -2.40. The molecule has 2 heterocycles. The summed E-state index contributed by atoms with van der Waals surface area (Å²) in [6.45, 7) is 3.73. The molecule has 6 heteroatoms. The normalized spacial score (nSPS) is 10.8. The van der Waals surface area contributed by atoms with Crippen LogP contribution in [0, 0.1) is 13.8 Å². The summed E-state index contributed by atoms with van der Waals surface area (Å²) in [5.74, 6) is 0.895. The van der Waals surface area contributed by atoms with Crippen LogP contribution in [0.5, 0.6) is 0 Å². The van der Waals surface area contributed by atoms with E-state index in [0.717, 1.165) is 22.5 Å². The van der Waals surface area contributed by atoms with Gasteiger partial charge in [-0.15, -0.1) is 0 Å². The van der Waals surface area contributed by atoms with Gasteiger partial charge in [0.15, 0.2) is 11.6 Å². The van der Waals surface area contributed by atoms with E-state index in [1.165, 1.54) is 0 Å². The van der Waals surface area contributed by atoms with Gasteiger partial charge >= 0.3 is 0 Å². The molecule has 0 bridgehead atoms. The minimum atomic E-state index is 0.320. The van der Waals surface area contributed by atoms with Crippen molar-refractivity contribution in [2.75, 3.05) is 5.73 Å². The van der Waals surface area contributed by atoms with E-state index in [4.69, 9.17) is 21.9 Å². The Bertz CT molecular complexity index is 813. The first-order chi connectivity index (χ1) is 10.1. The lowest BCUT2D eigenvalue weighted by molar-refractivity contribution is 0.435. The maximum atomic E-state index is 6.05. The Labute approximate surface area is 126 Å². The molecule has 1 aromatic carbocycles. The maximum Gasteiger partial charge on any atom is 0.178 e. The van der Waals surface area contributed by atoms with Gasteiger partial charge in [-0.25, -0.2) is 0 Å². The topological polar surface area (TPSA) is 77.8 Å². The highest BCUT2D eigenvalue weighted by Crippen LogP contribution is 2.38. The molecule has 2 N–H and O–H groups in total. The molecule has 0 aliphatic carbocycles. The molecule has 0 radical (unpaired) electrons. The van der Waals surface area contributed by atoms with Crippen molar-refractivity contribution in [3.8, 4) is 22.5 Å². The largest absolute Gasteiger partial charge is 0.380 e. The van der Waals surface area contributed by atoms with Crippen LogP contribution in [0.25, 0.3) is 22.5 Å². The zero-order valence-corrected chi connectivity index (χ0v) is 12.3. The van der Waals surface area contributed by atoms with Gasteiger partial charge in [-0.05, 0) is 37.6 Å². The second-order valence-corrected chi connectivity index (χ2v) is 5.20. The van der Waals surface area contributed by atoms with Crippen molar-refractivity contribution >= 4 is 17.4 Å². The van der Waals surface area contributed by atoms with E-state index < -0.39 is 0 Å². The minimum absolute atomic E-state index is 0.320. The molecule has 3 aromatic rings. The first-order valence-electron chi connectivity index (χ1n) is 6.38. The average Bonchev–Trinajstić information content (AvgIpc) is 2.83. The predicted molar refractivity (Wildman–Crippen MR) is 81.9 cm³/mol. The standard InChI is InChI=1S/C15H13ClN4O/c1-8-6-12(9(2)19-18-8)14-13(15(17)20-21-14)10-4-3-5-11(16)7-10/h3-7H,1-2H3,(H2,17,20). The summed E-state index contributed by atoms with van der Waals surface area (Å²) in [6.07, 6.45) is 0. The molecule has 0 spiro atoms. The highest BCUT2D eigenvalue weighted by molar-refractivity contribution is 6.30. The summed E-state index contributed by atoms with van der Waals surface area (Å²) in [5, 5.41) is 12.6. The highest BCUT2D eigenvalue weighted by atomic mass is 35.5. The lowest BCUT2D eigenvalue weighted by Crippen LogP contribution is -1.95. The van der Waals surface area contributed by atoms with Gasteiger partial charge in [-0.3, -0.25) is 0 Å². The van der Waals surface area contributed by atoms with Crippen molar-refractivity contribution in [1.82, 2.24) is 15.4 Å². The van der Waals surface area contributed by atoms with E-state index in [9.17, 15) is 0 Å². The van der Waals surface area contributed by atoms with Crippen LogP contribution >= 0.6 is 11.6 Å². The smallest absolute Gasteiger partial charge is 0.178 e. The molecule has 0 saturated carbocycles. The number of halogens is 1. The van der Waals surface area contributed by atoms with Gasteiger partial charge in [-0.2, -0.15) is 10.2 Å². The number of nitrogens with two attached hydrogens (primary N) is 1. The molecule has 0 saturated heterocycles. The Morgan fingerprint density at radius 1 is 1.14 bits per heavy atom. The summed E-state index contributed by atoms with van der Waals surface area (Å²) in [7, 11) is 0. The Morgan fingerprint density at radius 3 is 2.71 bits per heavy atom. The lowest BCUT2D eigenvalue weighted by atomic mass is 10.0. The van der Waals surface area contributed by atoms with E-state index in [2.05, 4.69) is 15.4 Å². The van der Waals surface area contributed by atoms with Crippen molar-refractivity contribution in [3.63, 3.8) is 0 Å². The van der Waals surface area contributed by atoms with Crippen molar-refractivity contribution < 1.29 is 4.52 Å². The summed E-state index contributed by atoms with van der Waals surface area (Å²) in [6, 6.07) is 9.30. The molecule has 5 nitrogen and oxygen atoms in total. The molecule has 0 atom stereocenters. The van der Waals surface area contributed by atoms with Crippen molar-refractivity contribution in [2.24, 2.45) is 0 Å². The van der Waals surface area contributed by atoms with Crippen LogP contribution in [0.2, 0.25) is 5.02 Å². The van der Waals surface area contributed by atoms with Gasteiger partial charge < -0.3 is 10.3 Å². The summed E-state index contributed by atoms with van der Waals surface area (Å²) < 4.78 is 5.43. The molecular weight excluding hydrogens is 288 g/mol. The van der Waals surface area contributed by atoms with E-state index in [-0.39, 0.29) is 0 Å². The monoisotopic (exact) mass is 300 g/mol. The number of aryl methyl sites for hydroxylation is 2. The molecule has 3 rings (SSSR count). The summed E-state index contributed by atoms with van der Waals surface area (Å²) in [5.41, 5.74) is 9.90. The van der Waals surface area contributed by atoms with Crippen LogP contribution in [0.15, 0.2) is 34.9 Å². The zero-order chi connectivity index (χ0) is 15.0. The number of nitrogens with zero attached hydrogens (tertiary/aromatic N) is 3. The number of hydrogen-bond acceptors (Lipinski definition) is 5. The van der Waals surface area contributed by atoms with E-state index >= 15 is 0 Å². The summed E-state index contributed by atoms with van der Waals surface area (Å²) >= 11 is 6.05. The molecule has 0 aliphatic heterocycles. The average molecular weight is 301 g/mol. The number of aromatic nitrogens is 3. The number of nitrogen functional groups attached to an aromatic ring is 1. The second-order valence-electron chi connectivity index (χ2n) is 4.77. The molecule has 21 heavy (non-hydrogen) atoms. The van der Waals surface area contributed by atoms with Gasteiger partial charge in [0.2, 0.25) is 0 Å². The molecule has 0 unspecified atom stereocenters. The third kappa shape index (κ3) is 2.48. The fourth-order valence-electron chi connectivity index (χ4n) is 2.19. The van der Waals surface area contributed by atoms with Gasteiger partial charge in [0.1, 0.15) is 0 Å². The van der Waals surface area contributed by atoms with E-state index in [1.54, 1.807) is 6.07 Å². The van der Waals surface area contributed by atoms with Crippen LogP contribution < -0.4 is 5.73 Å². The molecule has 0 aliphatic rings. The molecular formula is C15H13ClN4O. The maximum absolute atomic E-state index is 6.05. The van der Waals surface area contributed by atoms with Crippen LogP contribution in [0.4, 0.5) is 5.82 Å². The number of rotatable bonds is 2. The molecule has 0 fully saturated rings. The van der Waals surface area contributed by atoms with Crippen molar-refractivity contribution in [2.45, 2.75) is 13.8 Å². The van der Waals surface area contributed by atoms with Crippen LogP contribution in [-0.4, -0.2) is 15.4 Å². The first-order valence-corrected chi connectivity index (χ1v) is 6.76. The third-order valence-electron chi connectivity index (χ3n) is 3.18. The van der Waals surface area contributed by atoms with Gasteiger partial charge in [0.05, 0.1) is 17.0 Å². The third-order valence-corrected chi connectivity index (χ3v) is 3.41. The number of hydrogen-bond donors (Lipinski definition) is 1. The van der Waals surface area contributed by atoms with Gasteiger partial charge in [0, 0.05) is 10.6 Å². The van der Waals surface area contributed by atoms with Crippen LogP contribution in [0.3, 0.4) is 0 Å². The van der Waals surface area contributed by atoms with Gasteiger partial charge in [0.25, 0.3) is 0 Å². The van der Waals surface area contributed by atoms with E-state index in [0.29, 0.717) is 22.2 Å². The molecule has 0 amide bonds. The minimum Gasteiger partial charge on any atom is -0.380 e. The van der Waals surface area contributed by atoms with Crippen LogP contribution in [-0.2, 0) is 0 Å². The second kappa shape index (κ2) is 5.18. The van der Waals surface area contributed by atoms with Crippen molar-refractivity contribution in [1.29, 1.82) is 0 Å². The number of anilines is 1. The Kier molecular flexibility index (Phi) is 3.35. The van der Waals surface area contributed by atoms with Crippen molar-refractivity contribution in [3.05, 3.63) is 46.7 Å². The quantitative estimate of drug-likeness (QED) is 0.781. The van der Waals surface area contributed by atoms with Gasteiger partial charge in [-0.1, -0.05) is 28.9 Å². The first kappa shape index (κ1) is 13.6. The van der Waals surface area contributed by atoms with Crippen LogP contribution in [0.1, 0.15) is 11.4 Å². The fraction of sp³-hybridized carbons (Fsp3) is 0.133. The van der Waals surface area contributed by atoms with E-state index in [1.807, 2.05) is 38.1 Å². The summed E-state index contributed by atoms with van der Waals surface area (Å²) in [4.78, 5) is 0. The fourth-order valence-corrected chi connectivity index (χ4v) is 2.38. The Balaban J connectivity index is 2.24. The molecule has 106 valence electrons. The predicted octanol–water partition coefficient (Wildman–Crippen LogP) is 3.65. The highest BCUT2D eigenvalue weighted by Gasteiger charge is 2.20. The SMILES string of the molecule is Cc1cc(-c2onc(N)c2-c2cccc(Cl)c2)c(C)nn1. The zero-order valence-electron chi connectivity index (χ0n) is 11.6. The number of benzene rings is 1. The lowest BCUT2D eigenvalue weighted by Gasteiger charge is -2.06. The Morgan fingerprint density at radius 2 is 1.95 bits per heavy atom. The molecule has 2 aromatic heterocycles.